The minimum absolute atomic E-state index is 0.0520. The van der Waals surface area contributed by atoms with Gasteiger partial charge in [-0.2, -0.15) is 18.5 Å². The number of carbonyl (C=O) groups is 2. The molecule has 3 heterocycles. The smallest absolute Gasteiger partial charge is 0.418 e. The quantitative estimate of drug-likeness (QED) is 0.658. The molecular weight excluding hydrogens is 362 g/mol. The number of methoxy groups -OCH3 is 2. The van der Waals surface area contributed by atoms with Crippen LogP contribution < -0.4 is 9.47 Å². The van der Waals surface area contributed by atoms with E-state index in [0.717, 1.165) is 4.90 Å². The van der Waals surface area contributed by atoms with Crippen LogP contribution in [0.25, 0.3) is 0 Å². The molecule has 2 unspecified atom stereocenters. The Morgan fingerprint density at radius 2 is 2.04 bits per heavy atom. The summed E-state index contributed by atoms with van der Waals surface area (Å²) in [5.74, 6) is -1.35. The van der Waals surface area contributed by atoms with Crippen molar-refractivity contribution in [2.24, 2.45) is 0 Å². The standard InChI is InChI=1S/C12H13N3O9S/c1-22-7-3-5-8(10(13-7)23-2)6-4-14(9(5)11(16)17)12(18)15(6)24-25(19,20)21/h3,6,9H,4H2,1-2H3,(H,16,17)(H,19,20,21). The Morgan fingerprint density at radius 1 is 1.36 bits per heavy atom. The Kier molecular flexibility index (Phi) is 3.93. The predicted molar refractivity (Wildman–Crippen MR) is 77.0 cm³/mol. The molecule has 0 radical (unpaired) electrons. The number of nitrogens with zero attached hydrogens (tertiary/aromatic N) is 3. The lowest BCUT2D eigenvalue weighted by Gasteiger charge is -2.30. The first kappa shape index (κ1) is 17.2. The Balaban J connectivity index is 2.23. The van der Waals surface area contributed by atoms with Gasteiger partial charge < -0.3 is 19.5 Å². The summed E-state index contributed by atoms with van der Waals surface area (Å²) in [6, 6.07) is -2.19. The average Bonchev–Trinajstić information content (AvgIpc) is 2.78. The van der Waals surface area contributed by atoms with Gasteiger partial charge in [-0.1, -0.05) is 0 Å². The third-order valence-corrected chi connectivity index (χ3v) is 4.22. The van der Waals surface area contributed by atoms with Crippen LogP contribution in [0.4, 0.5) is 4.79 Å². The molecule has 1 aromatic heterocycles. The number of pyridine rings is 1. The number of ether oxygens (including phenoxy) is 2. The molecule has 25 heavy (non-hydrogen) atoms. The zero-order valence-corrected chi connectivity index (χ0v) is 13.8. The van der Waals surface area contributed by atoms with E-state index in [1.54, 1.807) is 0 Å². The van der Waals surface area contributed by atoms with Gasteiger partial charge >= 0.3 is 22.4 Å². The van der Waals surface area contributed by atoms with E-state index in [-0.39, 0.29) is 29.4 Å². The van der Waals surface area contributed by atoms with Gasteiger partial charge in [-0.3, -0.25) is 4.55 Å². The van der Waals surface area contributed by atoms with Crippen molar-refractivity contribution >= 4 is 22.4 Å². The number of amides is 2. The number of hydroxylamine groups is 2. The first-order valence-corrected chi connectivity index (χ1v) is 8.17. The summed E-state index contributed by atoms with van der Waals surface area (Å²) in [6.45, 7) is -0.192. The third-order valence-electron chi connectivity index (χ3n) is 3.87. The molecule has 0 aliphatic carbocycles. The number of carboxylic acid groups (broad SMARTS) is 1. The van der Waals surface area contributed by atoms with Crippen molar-refractivity contribution < 1.29 is 41.4 Å². The van der Waals surface area contributed by atoms with Gasteiger partial charge in [-0.15, -0.1) is 4.28 Å². The predicted octanol–water partition coefficient (Wildman–Crippen LogP) is -0.249. The molecule has 12 nitrogen and oxygen atoms in total. The van der Waals surface area contributed by atoms with Crippen LogP contribution >= 0.6 is 0 Å². The molecule has 136 valence electrons. The molecule has 0 spiro atoms. The van der Waals surface area contributed by atoms with E-state index >= 15 is 0 Å². The molecule has 2 atom stereocenters. The first-order chi connectivity index (χ1) is 11.7. The number of aliphatic carboxylic acids is 1. The van der Waals surface area contributed by atoms with Gasteiger partial charge in [-0.05, 0) is 0 Å². The molecular formula is C12H13N3O9S. The molecule has 2 bridgehead atoms. The lowest BCUT2D eigenvalue weighted by Crippen LogP contribution is -2.38. The Bertz CT molecular complexity index is 856. The van der Waals surface area contributed by atoms with Crippen molar-refractivity contribution in [1.29, 1.82) is 0 Å². The number of carbonyl (C=O) groups excluding carboxylic acids is 1. The molecule has 1 saturated heterocycles. The van der Waals surface area contributed by atoms with Crippen LogP contribution in [0, 0.1) is 0 Å². The van der Waals surface area contributed by atoms with Crippen LogP contribution in [-0.4, -0.2) is 65.8 Å². The van der Waals surface area contributed by atoms with Crippen molar-refractivity contribution in [3.8, 4) is 11.8 Å². The Labute approximate surface area is 141 Å². The maximum absolute atomic E-state index is 12.4. The molecule has 13 heteroatoms. The number of rotatable bonds is 5. The van der Waals surface area contributed by atoms with Gasteiger partial charge in [-0.25, -0.2) is 9.59 Å². The second kappa shape index (κ2) is 5.72. The summed E-state index contributed by atoms with van der Waals surface area (Å²) in [7, 11) is -2.41. The van der Waals surface area contributed by atoms with Crippen LogP contribution in [0.1, 0.15) is 23.2 Å². The molecule has 2 aliphatic rings. The summed E-state index contributed by atoms with van der Waals surface area (Å²) in [6.07, 6.45) is 0. The van der Waals surface area contributed by atoms with E-state index in [4.69, 9.17) is 14.0 Å². The minimum Gasteiger partial charge on any atom is -0.481 e. The molecule has 2 amide bonds. The number of hydrogen-bond donors (Lipinski definition) is 2. The second-order valence-corrected chi connectivity index (χ2v) is 6.20. The summed E-state index contributed by atoms with van der Waals surface area (Å²) < 4.78 is 45.5. The van der Waals surface area contributed by atoms with Gasteiger partial charge in [0.2, 0.25) is 11.8 Å². The lowest BCUT2D eigenvalue weighted by atomic mass is 9.92. The van der Waals surface area contributed by atoms with Crippen LogP contribution in [0.15, 0.2) is 6.07 Å². The summed E-state index contributed by atoms with van der Waals surface area (Å²) >= 11 is 0. The van der Waals surface area contributed by atoms with Crippen molar-refractivity contribution in [2.45, 2.75) is 12.1 Å². The van der Waals surface area contributed by atoms with Gasteiger partial charge in [0, 0.05) is 17.2 Å². The van der Waals surface area contributed by atoms with E-state index < -0.39 is 34.5 Å². The number of urea groups is 1. The van der Waals surface area contributed by atoms with E-state index in [2.05, 4.69) is 9.27 Å². The van der Waals surface area contributed by atoms with Gasteiger partial charge in [0.1, 0.15) is 6.04 Å². The average molecular weight is 375 g/mol. The Morgan fingerprint density at radius 3 is 2.56 bits per heavy atom. The highest BCUT2D eigenvalue weighted by atomic mass is 32.3. The number of carboxylic acids is 1. The highest BCUT2D eigenvalue weighted by Crippen LogP contribution is 2.48. The van der Waals surface area contributed by atoms with Crippen LogP contribution in [0.2, 0.25) is 0 Å². The molecule has 0 saturated carbocycles. The fraction of sp³-hybridized carbons (Fsp3) is 0.417. The fourth-order valence-electron chi connectivity index (χ4n) is 2.99. The molecule has 0 aromatic carbocycles. The zero-order valence-electron chi connectivity index (χ0n) is 12.9. The SMILES string of the molecule is COc1cc2c(c(OC)n1)C1CN(C(=O)N1OS(=O)(=O)O)C2C(=O)O. The highest BCUT2D eigenvalue weighted by Gasteiger charge is 2.54. The monoisotopic (exact) mass is 375 g/mol. The summed E-state index contributed by atoms with van der Waals surface area (Å²) in [4.78, 5) is 29.0. The second-order valence-electron chi connectivity index (χ2n) is 5.20. The van der Waals surface area contributed by atoms with E-state index in [0.29, 0.717) is 5.06 Å². The Hall–Kier alpha value is -2.64. The molecule has 3 rings (SSSR count). The molecule has 2 N–H and O–H groups in total. The normalized spacial score (nSPS) is 22.0. The molecule has 2 aliphatic heterocycles. The van der Waals surface area contributed by atoms with Crippen molar-refractivity contribution in [3.05, 3.63) is 17.2 Å². The van der Waals surface area contributed by atoms with Crippen molar-refractivity contribution in [2.75, 3.05) is 20.8 Å². The van der Waals surface area contributed by atoms with E-state index in [1.165, 1.54) is 20.3 Å². The maximum Gasteiger partial charge on any atom is 0.418 e. The number of fused-ring (bicyclic) bond motifs is 4. The fourth-order valence-corrected chi connectivity index (χ4v) is 3.36. The van der Waals surface area contributed by atoms with Gasteiger partial charge in [0.05, 0.1) is 20.8 Å². The number of hydrogen-bond acceptors (Lipinski definition) is 8. The first-order valence-electron chi connectivity index (χ1n) is 6.80. The minimum atomic E-state index is -5.01. The largest absolute Gasteiger partial charge is 0.481 e. The maximum atomic E-state index is 12.4. The van der Waals surface area contributed by atoms with Gasteiger partial charge in [0.25, 0.3) is 0 Å². The van der Waals surface area contributed by atoms with Crippen LogP contribution in [0.3, 0.4) is 0 Å². The van der Waals surface area contributed by atoms with Crippen LogP contribution in [0.5, 0.6) is 11.8 Å². The van der Waals surface area contributed by atoms with Crippen molar-refractivity contribution in [1.82, 2.24) is 14.9 Å². The van der Waals surface area contributed by atoms with Gasteiger partial charge in [0.15, 0.2) is 6.04 Å². The highest BCUT2D eigenvalue weighted by molar-refractivity contribution is 7.80. The lowest BCUT2D eigenvalue weighted by molar-refractivity contribution is -0.142. The van der Waals surface area contributed by atoms with E-state index in [1.807, 2.05) is 0 Å². The van der Waals surface area contributed by atoms with Crippen molar-refractivity contribution in [3.63, 3.8) is 0 Å². The summed E-state index contributed by atoms with van der Waals surface area (Å²) in [5, 5.41) is 9.93. The third kappa shape index (κ3) is 2.71. The van der Waals surface area contributed by atoms with E-state index in [9.17, 15) is 23.1 Å². The number of aromatic nitrogens is 1. The zero-order chi connectivity index (χ0) is 18.5. The van der Waals surface area contributed by atoms with Crippen LogP contribution in [-0.2, 0) is 19.5 Å². The topological polar surface area (TPSA) is 156 Å². The molecule has 1 aromatic rings. The molecule has 1 fully saturated rings. The summed E-state index contributed by atoms with van der Waals surface area (Å²) in [5.41, 5.74) is 0.295.